The van der Waals surface area contributed by atoms with E-state index in [9.17, 15) is 14.4 Å². The van der Waals surface area contributed by atoms with Crippen LogP contribution in [0.2, 0.25) is 0 Å². The van der Waals surface area contributed by atoms with Crippen molar-refractivity contribution in [3.63, 3.8) is 0 Å². The summed E-state index contributed by atoms with van der Waals surface area (Å²) >= 11 is 0. The Morgan fingerprint density at radius 1 is 1.09 bits per heavy atom. The minimum Gasteiger partial charge on any atom is -0.462 e. The minimum atomic E-state index is -1.19. The third-order valence-electron chi connectivity index (χ3n) is 5.92. The van der Waals surface area contributed by atoms with Gasteiger partial charge in [-0.3, -0.25) is 9.69 Å². The summed E-state index contributed by atoms with van der Waals surface area (Å²) in [6.07, 6.45) is 0. The lowest BCUT2D eigenvalue weighted by molar-refractivity contribution is -0.131. The second-order valence-electron chi connectivity index (χ2n) is 8.11. The van der Waals surface area contributed by atoms with Crippen LogP contribution in [0.3, 0.4) is 0 Å². The molecule has 3 amide bonds. The number of benzene rings is 2. The van der Waals surface area contributed by atoms with Crippen molar-refractivity contribution >= 4 is 28.8 Å². The van der Waals surface area contributed by atoms with Gasteiger partial charge >= 0.3 is 12.0 Å². The Kier molecular flexibility index (Phi) is 5.42. The van der Waals surface area contributed by atoms with Crippen molar-refractivity contribution in [1.82, 2.24) is 15.2 Å². The Morgan fingerprint density at radius 2 is 1.78 bits per heavy atom. The maximum absolute atomic E-state index is 13.4. The first-order valence-corrected chi connectivity index (χ1v) is 10.5. The number of para-hydroxylation sites is 1. The normalized spacial score (nSPS) is 18.2. The van der Waals surface area contributed by atoms with Crippen LogP contribution in [0.5, 0.6) is 0 Å². The van der Waals surface area contributed by atoms with Gasteiger partial charge in [0.05, 0.1) is 29.9 Å². The van der Waals surface area contributed by atoms with E-state index in [-0.39, 0.29) is 18.7 Å². The maximum Gasteiger partial charge on any atom is 0.340 e. The average Bonchev–Trinajstić information content (AvgIpc) is 2.98. The molecule has 1 N–H and O–H groups in total. The molecule has 0 bridgehead atoms. The van der Waals surface area contributed by atoms with Crippen molar-refractivity contribution in [2.75, 3.05) is 6.61 Å². The Balaban J connectivity index is 1.76. The fourth-order valence-corrected chi connectivity index (χ4v) is 4.10. The SMILES string of the molecule is CCOC(=O)c1c(CN2C(=O)N[C@](C)(c3ccc(C)cc3)C2=O)nc2ccccc2c1C. The summed E-state index contributed by atoms with van der Waals surface area (Å²) < 4.78 is 5.26. The first-order valence-electron chi connectivity index (χ1n) is 10.5. The number of nitrogens with zero attached hydrogens (tertiary/aromatic N) is 2. The number of fused-ring (bicyclic) bond motifs is 1. The molecule has 2 heterocycles. The molecule has 1 aliphatic heterocycles. The monoisotopic (exact) mass is 431 g/mol. The second kappa shape index (κ2) is 8.07. The number of nitrogens with one attached hydrogen (secondary N) is 1. The van der Waals surface area contributed by atoms with Crippen molar-refractivity contribution in [2.45, 2.75) is 39.8 Å². The van der Waals surface area contributed by atoms with Crippen molar-refractivity contribution in [2.24, 2.45) is 0 Å². The van der Waals surface area contributed by atoms with E-state index in [1.165, 1.54) is 0 Å². The van der Waals surface area contributed by atoms with Crippen LogP contribution in [-0.4, -0.2) is 34.4 Å². The van der Waals surface area contributed by atoms with Gasteiger partial charge in [0.2, 0.25) is 0 Å². The molecule has 1 fully saturated rings. The van der Waals surface area contributed by atoms with Gasteiger partial charge in [-0.25, -0.2) is 14.6 Å². The van der Waals surface area contributed by atoms with Crippen LogP contribution in [-0.2, 0) is 21.6 Å². The smallest absolute Gasteiger partial charge is 0.340 e. The first kappa shape index (κ1) is 21.5. The van der Waals surface area contributed by atoms with Crippen molar-refractivity contribution in [3.8, 4) is 0 Å². The number of ether oxygens (including phenoxy) is 1. The highest BCUT2D eigenvalue weighted by Crippen LogP contribution is 2.31. The van der Waals surface area contributed by atoms with E-state index in [0.29, 0.717) is 22.3 Å². The third kappa shape index (κ3) is 3.49. The number of amides is 3. The quantitative estimate of drug-likeness (QED) is 0.487. The lowest BCUT2D eigenvalue weighted by Crippen LogP contribution is -2.40. The molecule has 1 aromatic heterocycles. The van der Waals surface area contributed by atoms with Gasteiger partial charge in [-0.05, 0) is 44.9 Å². The van der Waals surface area contributed by atoms with Crippen molar-refractivity contribution in [3.05, 3.63) is 76.5 Å². The van der Waals surface area contributed by atoms with Crippen LogP contribution in [0.15, 0.2) is 48.5 Å². The fraction of sp³-hybridized carbons (Fsp3) is 0.280. The van der Waals surface area contributed by atoms with Crippen LogP contribution < -0.4 is 5.32 Å². The Morgan fingerprint density at radius 3 is 2.47 bits per heavy atom. The molecule has 0 unspecified atom stereocenters. The zero-order chi connectivity index (χ0) is 23.0. The number of aromatic nitrogens is 1. The molecule has 1 saturated heterocycles. The van der Waals surface area contributed by atoms with Gasteiger partial charge in [0, 0.05) is 5.39 Å². The molecule has 0 radical (unpaired) electrons. The largest absolute Gasteiger partial charge is 0.462 e. The van der Waals surface area contributed by atoms with E-state index in [1.54, 1.807) is 13.8 Å². The molecule has 4 rings (SSSR count). The number of urea groups is 1. The van der Waals surface area contributed by atoms with Gasteiger partial charge in [-0.1, -0.05) is 48.0 Å². The van der Waals surface area contributed by atoms with E-state index in [0.717, 1.165) is 15.8 Å². The molecule has 1 atom stereocenters. The Bertz CT molecular complexity index is 1240. The molecule has 7 heteroatoms. The molecule has 3 aromatic rings. The number of esters is 1. The molecule has 164 valence electrons. The molecule has 2 aromatic carbocycles. The van der Waals surface area contributed by atoms with Gasteiger partial charge in [-0.15, -0.1) is 0 Å². The second-order valence-corrected chi connectivity index (χ2v) is 8.11. The summed E-state index contributed by atoms with van der Waals surface area (Å²) in [6.45, 7) is 7.26. The van der Waals surface area contributed by atoms with Crippen LogP contribution in [0, 0.1) is 13.8 Å². The first-order chi connectivity index (χ1) is 15.3. The Labute approximate surface area is 186 Å². The van der Waals surface area contributed by atoms with Crippen LogP contribution in [0.1, 0.15) is 46.6 Å². The number of hydrogen-bond acceptors (Lipinski definition) is 5. The topological polar surface area (TPSA) is 88.6 Å². The molecule has 0 saturated carbocycles. The van der Waals surface area contributed by atoms with E-state index in [2.05, 4.69) is 10.3 Å². The van der Waals surface area contributed by atoms with Gasteiger partial charge in [0.1, 0.15) is 5.54 Å². The maximum atomic E-state index is 13.4. The molecular weight excluding hydrogens is 406 g/mol. The number of aryl methyl sites for hydroxylation is 2. The highest BCUT2D eigenvalue weighted by molar-refractivity contribution is 6.07. The van der Waals surface area contributed by atoms with Crippen molar-refractivity contribution in [1.29, 1.82) is 0 Å². The highest BCUT2D eigenvalue weighted by Gasteiger charge is 2.49. The number of rotatable bonds is 5. The van der Waals surface area contributed by atoms with Gasteiger partial charge in [0.15, 0.2) is 0 Å². The molecule has 32 heavy (non-hydrogen) atoms. The van der Waals surface area contributed by atoms with Crippen LogP contribution in [0.25, 0.3) is 10.9 Å². The zero-order valence-corrected chi connectivity index (χ0v) is 18.6. The summed E-state index contributed by atoms with van der Waals surface area (Å²) in [6, 6.07) is 14.4. The predicted molar refractivity (Wildman–Crippen MR) is 120 cm³/mol. The lowest BCUT2D eigenvalue weighted by Gasteiger charge is -2.23. The molecule has 7 nitrogen and oxygen atoms in total. The third-order valence-corrected chi connectivity index (χ3v) is 5.92. The summed E-state index contributed by atoms with van der Waals surface area (Å²) in [5, 5.41) is 3.63. The Hall–Kier alpha value is -3.74. The number of hydrogen-bond donors (Lipinski definition) is 1. The fourth-order valence-electron chi connectivity index (χ4n) is 4.10. The summed E-state index contributed by atoms with van der Waals surface area (Å²) in [5.74, 6) is -0.916. The van der Waals surface area contributed by atoms with Crippen LogP contribution >= 0.6 is 0 Å². The summed E-state index contributed by atoms with van der Waals surface area (Å²) in [7, 11) is 0. The number of imide groups is 1. The number of carbonyl (C=O) groups excluding carboxylic acids is 3. The van der Waals surface area contributed by atoms with Crippen LogP contribution in [0.4, 0.5) is 4.79 Å². The van der Waals surface area contributed by atoms with E-state index in [1.807, 2.05) is 62.4 Å². The molecule has 1 aliphatic rings. The summed E-state index contributed by atoms with van der Waals surface area (Å²) in [5.41, 5.74) is 2.56. The average molecular weight is 431 g/mol. The minimum absolute atomic E-state index is 0.133. The van der Waals surface area contributed by atoms with Gasteiger partial charge in [0.25, 0.3) is 5.91 Å². The lowest BCUT2D eigenvalue weighted by atomic mass is 9.91. The van der Waals surface area contributed by atoms with Gasteiger partial charge in [-0.2, -0.15) is 0 Å². The molecule has 0 aliphatic carbocycles. The highest BCUT2D eigenvalue weighted by atomic mass is 16.5. The standard InChI is InChI=1S/C25H25N3O4/c1-5-32-22(29)21-16(3)18-8-6-7-9-19(18)26-20(21)14-28-23(30)25(4,27-24(28)31)17-12-10-15(2)11-13-17/h6-13H,5,14H2,1-4H3,(H,27,31)/t25-/m1/s1. The van der Waals surface area contributed by atoms with E-state index >= 15 is 0 Å². The van der Waals surface area contributed by atoms with Crippen molar-refractivity contribution < 1.29 is 19.1 Å². The summed E-state index contributed by atoms with van der Waals surface area (Å²) in [4.78, 5) is 44.8. The zero-order valence-electron chi connectivity index (χ0n) is 18.6. The molecular formula is C25H25N3O4. The number of carbonyl (C=O) groups is 3. The molecule has 0 spiro atoms. The van der Waals surface area contributed by atoms with E-state index < -0.39 is 23.4 Å². The predicted octanol–water partition coefficient (Wildman–Crippen LogP) is 4.00. The van der Waals surface area contributed by atoms with E-state index in [4.69, 9.17) is 4.74 Å². The van der Waals surface area contributed by atoms with Gasteiger partial charge < -0.3 is 10.1 Å². The number of pyridine rings is 1.